The summed E-state index contributed by atoms with van der Waals surface area (Å²) in [6.45, 7) is 3.73. The van der Waals surface area contributed by atoms with Crippen LogP contribution in [0.3, 0.4) is 0 Å². The van der Waals surface area contributed by atoms with Gasteiger partial charge in [0.15, 0.2) is 0 Å². The Labute approximate surface area is 146 Å². The molecule has 0 saturated heterocycles. The molecule has 1 heterocycles. The molecule has 24 heavy (non-hydrogen) atoms. The SMILES string of the molecule is CCC(NS(=O)(=O)c1sc2ccc(C#N)cc2c1C)C1CC(O)C1. The Morgan fingerprint density at radius 1 is 1.46 bits per heavy atom. The van der Waals surface area contributed by atoms with E-state index in [4.69, 9.17) is 5.26 Å². The van der Waals surface area contributed by atoms with Crippen molar-refractivity contribution in [3.8, 4) is 6.07 Å². The van der Waals surface area contributed by atoms with Crippen LogP contribution in [0.5, 0.6) is 0 Å². The number of hydrogen-bond acceptors (Lipinski definition) is 5. The third-order valence-electron chi connectivity index (χ3n) is 4.73. The van der Waals surface area contributed by atoms with Gasteiger partial charge in [0.1, 0.15) is 4.21 Å². The quantitative estimate of drug-likeness (QED) is 0.853. The number of hydrogen-bond donors (Lipinski definition) is 2. The molecule has 0 radical (unpaired) electrons. The summed E-state index contributed by atoms with van der Waals surface area (Å²) in [7, 11) is -3.62. The second kappa shape index (κ2) is 6.45. The van der Waals surface area contributed by atoms with Crippen molar-refractivity contribution in [1.29, 1.82) is 5.26 Å². The molecule has 0 bridgehead atoms. The average molecular weight is 364 g/mol. The number of nitrogens with one attached hydrogen (secondary N) is 1. The predicted octanol–water partition coefficient (Wildman–Crippen LogP) is 2.91. The standard InChI is InChI=1S/C17H20N2O3S2/c1-3-15(12-7-13(20)8-12)19-24(21,22)17-10(2)14-6-11(9-18)4-5-16(14)23-17/h4-6,12-13,15,19-20H,3,7-8H2,1-2H3. The van der Waals surface area contributed by atoms with Crippen LogP contribution >= 0.6 is 11.3 Å². The van der Waals surface area contributed by atoms with Crippen molar-refractivity contribution in [2.75, 3.05) is 0 Å². The zero-order valence-corrected chi connectivity index (χ0v) is 15.2. The van der Waals surface area contributed by atoms with Gasteiger partial charge in [-0.15, -0.1) is 11.3 Å². The van der Waals surface area contributed by atoms with Gasteiger partial charge in [-0.25, -0.2) is 13.1 Å². The summed E-state index contributed by atoms with van der Waals surface area (Å²) in [5.41, 5.74) is 1.21. The number of benzene rings is 1. The zero-order valence-electron chi connectivity index (χ0n) is 13.6. The van der Waals surface area contributed by atoms with E-state index in [9.17, 15) is 13.5 Å². The van der Waals surface area contributed by atoms with E-state index in [1.807, 2.05) is 6.92 Å². The lowest BCUT2D eigenvalue weighted by Gasteiger charge is -2.37. The summed E-state index contributed by atoms with van der Waals surface area (Å²) in [6.07, 6.45) is 1.69. The molecule has 1 atom stereocenters. The van der Waals surface area contributed by atoms with E-state index in [0.717, 1.165) is 10.1 Å². The Balaban J connectivity index is 1.93. The zero-order chi connectivity index (χ0) is 17.5. The Morgan fingerprint density at radius 3 is 2.75 bits per heavy atom. The molecule has 128 valence electrons. The number of aryl methyl sites for hydroxylation is 1. The van der Waals surface area contributed by atoms with E-state index in [0.29, 0.717) is 34.6 Å². The third kappa shape index (κ3) is 3.07. The summed E-state index contributed by atoms with van der Waals surface area (Å²) in [4.78, 5) is 0. The van der Waals surface area contributed by atoms with E-state index in [1.165, 1.54) is 11.3 Å². The van der Waals surface area contributed by atoms with E-state index in [2.05, 4.69) is 10.8 Å². The van der Waals surface area contributed by atoms with Gasteiger partial charge in [0, 0.05) is 10.7 Å². The minimum absolute atomic E-state index is 0.155. The van der Waals surface area contributed by atoms with Crippen LogP contribution in [0, 0.1) is 24.2 Å². The van der Waals surface area contributed by atoms with Gasteiger partial charge in [-0.05, 0) is 61.3 Å². The van der Waals surface area contributed by atoms with E-state index >= 15 is 0 Å². The van der Waals surface area contributed by atoms with Crippen LogP contribution in [0.25, 0.3) is 10.1 Å². The van der Waals surface area contributed by atoms with Gasteiger partial charge in [0.25, 0.3) is 10.0 Å². The molecular formula is C17H20N2O3S2. The number of nitrogens with zero attached hydrogens (tertiary/aromatic N) is 1. The summed E-state index contributed by atoms with van der Waals surface area (Å²) in [5.74, 6) is 0.194. The molecule has 0 spiro atoms. The molecule has 1 aliphatic rings. The normalized spacial score (nSPS) is 22.1. The van der Waals surface area contributed by atoms with Crippen molar-refractivity contribution < 1.29 is 13.5 Å². The van der Waals surface area contributed by atoms with Crippen molar-refractivity contribution in [3.63, 3.8) is 0 Å². The molecule has 0 amide bonds. The molecule has 2 aromatic rings. The van der Waals surface area contributed by atoms with Crippen LogP contribution < -0.4 is 4.72 Å². The van der Waals surface area contributed by atoms with Crippen LogP contribution in [0.2, 0.25) is 0 Å². The molecule has 0 aliphatic heterocycles. The van der Waals surface area contributed by atoms with Crippen molar-refractivity contribution in [1.82, 2.24) is 4.72 Å². The van der Waals surface area contributed by atoms with Crippen LogP contribution in [-0.4, -0.2) is 25.7 Å². The lowest BCUT2D eigenvalue weighted by Crippen LogP contribution is -2.46. The number of aliphatic hydroxyl groups excluding tert-OH is 1. The average Bonchev–Trinajstić information content (AvgIpc) is 2.87. The second-order valence-corrected chi connectivity index (χ2v) is 9.32. The second-order valence-electron chi connectivity index (χ2n) is 6.36. The first kappa shape index (κ1) is 17.4. The van der Waals surface area contributed by atoms with E-state index in [-0.39, 0.29) is 18.1 Å². The Bertz CT molecular complexity index is 906. The maximum Gasteiger partial charge on any atom is 0.250 e. The fraction of sp³-hybridized carbons (Fsp3) is 0.471. The first-order valence-electron chi connectivity index (χ1n) is 7.99. The first-order chi connectivity index (χ1) is 11.4. The van der Waals surface area contributed by atoms with Gasteiger partial charge in [0.2, 0.25) is 0 Å². The molecule has 5 nitrogen and oxygen atoms in total. The van der Waals surface area contributed by atoms with Gasteiger partial charge in [0.05, 0.1) is 17.7 Å². The van der Waals surface area contributed by atoms with Gasteiger partial charge < -0.3 is 5.11 Å². The predicted molar refractivity (Wildman–Crippen MR) is 94.4 cm³/mol. The Kier molecular flexibility index (Phi) is 4.67. The van der Waals surface area contributed by atoms with Crippen molar-refractivity contribution in [3.05, 3.63) is 29.3 Å². The number of rotatable bonds is 5. The van der Waals surface area contributed by atoms with Crippen LogP contribution in [-0.2, 0) is 10.0 Å². The fourth-order valence-corrected chi connectivity index (χ4v) is 6.40. The molecule has 1 aromatic carbocycles. The topological polar surface area (TPSA) is 90.2 Å². The Morgan fingerprint density at radius 2 is 2.17 bits per heavy atom. The highest BCUT2D eigenvalue weighted by atomic mass is 32.2. The summed E-state index contributed by atoms with van der Waals surface area (Å²) in [5, 5.41) is 19.3. The highest BCUT2D eigenvalue weighted by Gasteiger charge is 2.36. The lowest BCUT2D eigenvalue weighted by molar-refractivity contribution is 0.0277. The number of thiophene rings is 1. The van der Waals surface area contributed by atoms with Crippen LogP contribution in [0.1, 0.15) is 37.3 Å². The minimum Gasteiger partial charge on any atom is -0.393 e. The summed E-state index contributed by atoms with van der Waals surface area (Å²) in [6, 6.07) is 7.16. The lowest BCUT2D eigenvalue weighted by atomic mass is 9.77. The Hall–Kier alpha value is -1.46. The molecular weight excluding hydrogens is 344 g/mol. The van der Waals surface area contributed by atoms with Gasteiger partial charge in [-0.3, -0.25) is 0 Å². The third-order valence-corrected chi connectivity index (χ3v) is 8.11. The fourth-order valence-electron chi connectivity index (χ4n) is 3.25. The van der Waals surface area contributed by atoms with Crippen molar-refractivity contribution >= 4 is 31.4 Å². The van der Waals surface area contributed by atoms with Crippen LogP contribution in [0.4, 0.5) is 0 Å². The van der Waals surface area contributed by atoms with Crippen molar-refractivity contribution in [2.45, 2.75) is 49.5 Å². The van der Waals surface area contributed by atoms with Gasteiger partial charge >= 0.3 is 0 Å². The number of sulfonamides is 1. The summed E-state index contributed by atoms with van der Waals surface area (Å²) >= 11 is 1.23. The molecule has 2 N–H and O–H groups in total. The molecule has 1 aromatic heterocycles. The van der Waals surface area contributed by atoms with E-state index in [1.54, 1.807) is 25.1 Å². The monoisotopic (exact) mass is 364 g/mol. The van der Waals surface area contributed by atoms with Gasteiger partial charge in [-0.2, -0.15) is 5.26 Å². The largest absolute Gasteiger partial charge is 0.393 e. The number of nitriles is 1. The highest BCUT2D eigenvalue weighted by molar-refractivity contribution is 7.91. The van der Waals surface area contributed by atoms with Crippen molar-refractivity contribution in [2.24, 2.45) is 5.92 Å². The molecule has 1 fully saturated rings. The highest BCUT2D eigenvalue weighted by Crippen LogP contribution is 2.36. The summed E-state index contributed by atoms with van der Waals surface area (Å²) < 4.78 is 29.7. The molecule has 1 saturated carbocycles. The van der Waals surface area contributed by atoms with Gasteiger partial charge in [-0.1, -0.05) is 6.92 Å². The van der Waals surface area contributed by atoms with Crippen LogP contribution in [0.15, 0.2) is 22.4 Å². The molecule has 3 rings (SSSR count). The smallest absolute Gasteiger partial charge is 0.250 e. The maximum absolute atomic E-state index is 12.8. The maximum atomic E-state index is 12.8. The molecule has 1 aliphatic carbocycles. The first-order valence-corrected chi connectivity index (χ1v) is 10.3. The van der Waals surface area contributed by atoms with E-state index < -0.39 is 10.0 Å². The molecule has 1 unspecified atom stereocenters. The minimum atomic E-state index is -3.62. The number of aliphatic hydroxyl groups is 1. The number of fused-ring (bicyclic) bond motifs is 1. The molecule has 7 heteroatoms.